The predicted octanol–water partition coefficient (Wildman–Crippen LogP) is 2.93. The SMILES string of the molecule is Cc1cc(S(=O)(=O)N2CCN(C(=O)c3cc(F)c(F)c(F)c3)CC2)c(C)s1. The third-order valence-electron chi connectivity index (χ3n) is 4.37. The smallest absolute Gasteiger partial charge is 0.254 e. The number of piperazine rings is 1. The molecular weight excluding hydrogens is 401 g/mol. The van der Waals surface area contributed by atoms with E-state index in [-0.39, 0.29) is 36.6 Å². The molecular formula is C17H17F3N2O3S2. The first kappa shape index (κ1) is 19.8. The first-order valence-corrected chi connectivity index (χ1v) is 10.4. The van der Waals surface area contributed by atoms with Crippen LogP contribution in [0.1, 0.15) is 20.1 Å². The molecule has 1 fully saturated rings. The second-order valence-corrected chi connectivity index (χ2v) is 9.59. The molecule has 1 aliphatic heterocycles. The van der Waals surface area contributed by atoms with Gasteiger partial charge in [0.1, 0.15) is 0 Å². The van der Waals surface area contributed by atoms with Crippen LogP contribution >= 0.6 is 11.3 Å². The average molecular weight is 418 g/mol. The summed E-state index contributed by atoms with van der Waals surface area (Å²) in [5, 5.41) is 0. The van der Waals surface area contributed by atoms with Gasteiger partial charge in [-0.25, -0.2) is 21.6 Å². The molecule has 0 saturated carbocycles. The topological polar surface area (TPSA) is 57.7 Å². The Morgan fingerprint density at radius 3 is 2.04 bits per heavy atom. The summed E-state index contributed by atoms with van der Waals surface area (Å²) in [7, 11) is -3.67. The summed E-state index contributed by atoms with van der Waals surface area (Å²) >= 11 is 1.39. The Morgan fingerprint density at radius 2 is 1.56 bits per heavy atom. The molecule has 0 radical (unpaired) electrons. The van der Waals surface area contributed by atoms with Crippen molar-refractivity contribution >= 4 is 27.3 Å². The summed E-state index contributed by atoms with van der Waals surface area (Å²) in [6.45, 7) is 3.83. The van der Waals surface area contributed by atoms with E-state index < -0.39 is 33.4 Å². The molecule has 1 amide bonds. The maximum absolute atomic E-state index is 13.3. The molecule has 3 rings (SSSR count). The van der Waals surface area contributed by atoms with Crippen LogP contribution in [0.5, 0.6) is 0 Å². The van der Waals surface area contributed by atoms with Crippen molar-refractivity contribution in [2.45, 2.75) is 18.7 Å². The molecule has 1 aromatic heterocycles. The van der Waals surface area contributed by atoms with Crippen molar-refractivity contribution < 1.29 is 26.4 Å². The average Bonchev–Trinajstić information content (AvgIpc) is 2.97. The van der Waals surface area contributed by atoms with Crippen molar-refractivity contribution in [3.63, 3.8) is 0 Å². The van der Waals surface area contributed by atoms with E-state index in [2.05, 4.69) is 0 Å². The molecule has 0 unspecified atom stereocenters. The number of rotatable bonds is 3. The molecule has 0 aliphatic carbocycles. The summed E-state index contributed by atoms with van der Waals surface area (Å²) < 4.78 is 66.6. The van der Waals surface area contributed by atoms with Gasteiger partial charge in [-0.3, -0.25) is 4.79 Å². The molecule has 146 valence electrons. The largest absolute Gasteiger partial charge is 0.336 e. The molecule has 27 heavy (non-hydrogen) atoms. The molecule has 1 saturated heterocycles. The van der Waals surface area contributed by atoms with Gasteiger partial charge in [-0.2, -0.15) is 4.31 Å². The number of benzene rings is 1. The number of hydrogen-bond acceptors (Lipinski definition) is 4. The minimum Gasteiger partial charge on any atom is -0.336 e. The highest BCUT2D eigenvalue weighted by molar-refractivity contribution is 7.89. The molecule has 2 heterocycles. The zero-order valence-electron chi connectivity index (χ0n) is 14.6. The quantitative estimate of drug-likeness (QED) is 0.721. The molecule has 1 aliphatic rings. The Labute approximate surface area is 159 Å². The number of carbonyl (C=O) groups excluding carboxylic acids is 1. The van der Waals surface area contributed by atoms with E-state index in [1.54, 1.807) is 13.0 Å². The van der Waals surface area contributed by atoms with Crippen molar-refractivity contribution in [3.8, 4) is 0 Å². The van der Waals surface area contributed by atoms with Crippen molar-refractivity contribution in [2.75, 3.05) is 26.2 Å². The summed E-state index contributed by atoms with van der Waals surface area (Å²) in [5.74, 6) is -5.19. The maximum atomic E-state index is 13.3. The van der Waals surface area contributed by atoms with Crippen molar-refractivity contribution in [1.82, 2.24) is 9.21 Å². The summed E-state index contributed by atoms with van der Waals surface area (Å²) in [4.78, 5) is 15.5. The third-order valence-corrected chi connectivity index (χ3v) is 7.49. The van der Waals surface area contributed by atoms with Crippen LogP contribution in [0, 0.1) is 31.3 Å². The number of carbonyl (C=O) groups is 1. The molecule has 0 bridgehead atoms. The monoisotopic (exact) mass is 418 g/mol. The van der Waals surface area contributed by atoms with Gasteiger partial charge in [-0.1, -0.05) is 0 Å². The standard InChI is InChI=1S/C17H17F3N2O3S2/c1-10-7-15(11(2)26-10)27(24,25)22-5-3-21(4-6-22)17(23)12-8-13(18)16(20)14(19)9-12/h7-9H,3-6H2,1-2H3. The highest BCUT2D eigenvalue weighted by Crippen LogP contribution is 2.28. The normalized spacial score (nSPS) is 16.0. The van der Waals surface area contributed by atoms with Gasteiger partial charge in [0.2, 0.25) is 10.0 Å². The van der Waals surface area contributed by atoms with Gasteiger partial charge < -0.3 is 4.90 Å². The first-order chi connectivity index (χ1) is 12.6. The summed E-state index contributed by atoms with van der Waals surface area (Å²) in [5.41, 5.74) is -0.313. The van der Waals surface area contributed by atoms with Crippen LogP contribution in [-0.4, -0.2) is 49.7 Å². The Hall–Kier alpha value is -1.91. The molecule has 0 atom stereocenters. The Bertz CT molecular complexity index is 974. The highest BCUT2D eigenvalue weighted by atomic mass is 32.2. The van der Waals surface area contributed by atoms with E-state index in [1.807, 2.05) is 6.92 Å². The second-order valence-electron chi connectivity index (χ2n) is 6.23. The summed E-state index contributed by atoms with van der Waals surface area (Å²) in [6, 6.07) is 2.90. The van der Waals surface area contributed by atoms with Crippen LogP contribution in [0.4, 0.5) is 13.2 Å². The van der Waals surface area contributed by atoms with Crippen molar-refractivity contribution in [1.29, 1.82) is 0 Å². The van der Waals surface area contributed by atoms with E-state index in [0.29, 0.717) is 17.0 Å². The lowest BCUT2D eigenvalue weighted by Gasteiger charge is -2.34. The fourth-order valence-corrected chi connectivity index (χ4v) is 5.94. The first-order valence-electron chi connectivity index (χ1n) is 8.12. The zero-order valence-corrected chi connectivity index (χ0v) is 16.3. The van der Waals surface area contributed by atoms with E-state index in [0.717, 1.165) is 4.88 Å². The lowest BCUT2D eigenvalue weighted by molar-refractivity contribution is 0.0696. The van der Waals surface area contributed by atoms with Crippen LogP contribution in [0.2, 0.25) is 0 Å². The highest BCUT2D eigenvalue weighted by Gasteiger charge is 2.32. The number of thiophene rings is 1. The number of sulfonamides is 1. The van der Waals surface area contributed by atoms with Gasteiger partial charge >= 0.3 is 0 Å². The molecule has 0 spiro atoms. The number of nitrogens with zero attached hydrogens (tertiary/aromatic N) is 2. The molecule has 1 aromatic carbocycles. The Balaban J connectivity index is 1.73. The van der Waals surface area contributed by atoms with Crippen LogP contribution < -0.4 is 0 Å². The van der Waals surface area contributed by atoms with Crippen LogP contribution in [0.3, 0.4) is 0 Å². The van der Waals surface area contributed by atoms with Gasteiger partial charge in [0, 0.05) is 41.5 Å². The van der Waals surface area contributed by atoms with Gasteiger partial charge in [-0.05, 0) is 32.0 Å². The van der Waals surface area contributed by atoms with E-state index in [9.17, 15) is 26.4 Å². The molecule has 0 N–H and O–H groups in total. The molecule has 2 aromatic rings. The lowest BCUT2D eigenvalue weighted by Crippen LogP contribution is -2.50. The van der Waals surface area contributed by atoms with Gasteiger partial charge in [-0.15, -0.1) is 11.3 Å². The van der Waals surface area contributed by atoms with Crippen molar-refractivity contribution in [3.05, 3.63) is 51.0 Å². The molecule has 5 nitrogen and oxygen atoms in total. The van der Waals surface area contributed by atoms with Crippen LogP contribution in [-0.2, 0) is 10.0 Å². The fraction of sp³-hybridized carbons (Fsp3) is 0.353. The summed E-state index contributed by atoms with van der Waals surface area (Å²) in [6.07, 6.45) is 0. The maximum Gasteiger partial charge on any atom is 0.254 e. The minimum absolute atomic E-state index is 0.0641. The number of hydrogen-bond donors (Lipinski definition) is 0. The van der Waals surface area contributed by atoms with Crippen molar-refractivity contribution in [2.24, 2.45) is 0 Å². The molecule has 10 heteroatoms. The van der Waals surface area contributed by atoms with Crippen LogP contribution in [0.25, 0.3) is 0 Å². The van der Waals surface area contributed by atoms with Gasteiger partial charge in [0.05, 0.1) is 4.90 Å². The van der Waals surface area contributed by atoms with Gasteiger partial charge in [0.15, 0.2) is 17.5 Å². The Morgan fingerprint density at radius 1 is 1.00 bits per heavy atom. The number of amides is 1. The Kier molecular flexibility index (Phi) is 5.33. The van der Waals surface area contributed by atoms with E-state index in [1.165, 1.54) is 20.5 Å². The third kappa shape index (κ3) is 3.74. The lowest BCUT2D eigenvalue weighted by atomic mass is 10.1. The van der Waals surface area contributed by atoms with Gasteiger partial charge in [0.25, 0.3) is 5.91 Å². The van der Waals surface area contributed by atoms with E-state index in [4.69, 9.17) is 0 Å². The number of aryl methyl sites for hydroxylation is 2. The fourth-order valence-electron chi connectivity index (χ4n) is 3.00. The predicted molar refractivity (Wildman–Crippen MR) is 94.8 cm³/mol. The van der Waals surface area contributed by atoms with Crippen LogP contribution in [0.15, 0.2) is 23.1 Å². The zero-order chi connectivity index (χ0) is 19.9. The number of halogens is 3. The van der Waals surface area contributed by atoms with E-state index >= 15 is 0 Å². The second kappa shape index (κ2) is 7.25. The minimum atomic E-state index is -3.67.